The lowest BCUT2D eigenvalue weighted by Gasteiger charge is -2.21. The minimum absolute atomic E-state index is 0.407. The Balaban J connectivity index is 2.94. The van der Waals surface area contributed by atoms with Crippen LogP contribution in [0.5, 0.6) is 0 Å². The van der Waals surface area contributed by atoms with Gasteiger partial charge in [0.25, 0.3) is 0 Å². The maximum absolute atomic E-state index is 6.22. The van der Waals surface area contributed by atoms with Crippen molar-refractivity contribution >= 4 is 38.4 Å². The number of para-hydroxylation sites is 1. The van der Waals surface area contributed by atoms with Crippen molar-refractivity contribution in [1.82, 2.24) is 4.57 Å². The number of hydrogen-bond acceptors (Lipinski definition) is 1. The number of benzene rings is 1. The average molecular weight is 302 g/mol. The fourth-order valence-electron chi connectivity index (χ4n) is 2.14. The van der Waals surface area contributed by atoms with E-state index in [1.54, 1.807) is 0 Å². The van der Waals surface area contributed by atoms with Crippen LogP contribution in [0.25, 0.3) is 10.9 Å². The van der Waals surface area contributed by atoms with E-state index in [0.29, 0.717) is 0 Å². The molecular weight excluding hydrogens is 288 g/mol. The van der Waals surface area contributed by atoms with Gasteiger partial charge < -0.3 is 10.3 Å². The van der Waals surface area contributed by atoms with E-state index in [1.165, 1.54) is 0 Å². The maximum Gasteiger partial charge on any atom is 0.0681 e. The molecule has 1 aromatic heterocycles. The molecule has 2 rings (SSSR count). The van der Waals surface area contributed by atoms with Gasteiger partial charge in [-0.05, 0) is 35.8 Å². The molecule has 2 aromatic rings. The summed E-state index contributed by atoms with van der Waals surface area (Å²) in [6.07, 6.45) is 0. The SMILES string of the molecule is Cn1c(C(C)(C)N)c(Br)c2cccc(Cl)c21. The number of hydrogen-bond donors (Lipinski definition) is 1. The lowest BCUT2D eigenvalue weighted by atomic mass is 10.0. The highest BCUT2D eigenvalue weighted by Crippen LogP contribution is 2.38. The topological polar surface area (TPSA) is 30.9 Å². The average Bonchev–Trinajstić information content (AvgIpc) is 2.39. The normalized spacial score (nSPS) is 12.4. The Kier molecular flexibility index (Phi) is 2.81. The minimum atomic E-state index is -0.407. The monoisotopic (exact) mass is 300 g/mol. The van der Waals surface area contributed by atoms with Crippen LogP contribution in [0.4, 0.5) is 0 Å². The molecule has 1 aromatic carbocycles. The Morgan fingerprint density at radius 1 is 1.38 bits per heavy atom. The predicted octanol–water partition coefficient (Wildman–Crippen LogP) is 3.79. The third-order valence-corrected chi connectivity index (χ3v) is 3.82. The largest absolute Gasteiger partial charge is 0.344 e. The summed E-state index contributed by atoms with van der Waals surface area (Å²) in [5, 5.41) is 1.85. The molecule has 2 N–H and O–H groups in total. The van der Waals surface area contributed by atoms with Gasteiger partial charge in [-0.25, -0.2) is 0 Å². The fraction of sp³-hybridized carbons (Fsp3) is 0.333. The van der Waals surface area contributed by atoms with Gasteiger partial charge in [0.15, 0.2) is 0 Å². The van der Waals surface area contributed by atoms with E-state index in [4.69, 9.17) is 17.3 Å². The minimum Gasteiger partial charge on any atom is -0.344 e. The zero-order chi connectivity index (χ0) is 12.1. The summed E-state index contributed by atoms with van der Waals surface area (Å²) in [6.45, 7) is 3.97. The van der Waals surface area contributed by atoms with Crippen molar-refractivity contribution in [3.63, 3.8) is 0 Å². The highest BCUT2D eigenvalue weighted by atomic mass is 79.9. The summed E-state index contributed by atoms with van der Waals surface area (Å²) < 4.78 is 3.09. The van der Waals surface area contributed by atoms with E-state index in [-0.39, 0.29) is 0 Å². The second kappa shape index (κ2) is 3.76. The lowest BCUT2D eigenvalue weighted by molar-refractivity contribution is 0.514. The highest BCUT2D eigenvalue weighted by Gasteiger charge is 2.25. The molecule has 0 atom stereocenters. The quantitative estimate of drug-likeness (QED) is 0.853. The van der Waals surface area contributed by atoms with E-state index in [2.05, 4.69) is 20.5 Å². The molecule has 0 aliphatic heterocycles. The van der Waals surface area contributed by atoms with E-state index < -0.39 is 5.54 Å². The van der Waals surface area contributed by atoms with E-state index in [9.17, 15) is 0 Å². The van der Waals surface area contributed by atoms with Crippen LogP contribution in [0.3, 0.4) is 0 Å². The van der Waals surface area contributed by atoms with Crippen molar-refractivity contribution in [2.75, 3.05) is 0 Å². The number of rotatable bonds is 1. The first-order valence-electron chi connectivity index (χ1n) is 5.06. The molecule has 0 saturated carbocycles. The zero-order valence-corrected chi connectivity index (χ0v) is 11.9. The van der Waals surface area contributed by atoms with Gasteiger partial charge in [0.05, 0.1) is 21.8 Å². The third kappa shape index (κ3) is 1.67. The second-order valence-electron chi connectivity index (χ2n) is 4.58. The molecule has 0 bridgehead atoms. The predicted molar refractivity (Wildman–Crippen MR) is 72.8 cm³/mol. The Hall–Kier alpha value is -0.510. The van der Waals surface area contributed by atoms with Crippen molar-refractivity contribution in [2.24, 2.45) is 12.8 Å². The molecule has 0 spiro atoms. The van der Waals surface area contributed by atoms with Crippen molar-refractivity contribution in [1.29, 1.82) is 0 Å². The number of nitrogens with two attached hydrogens (primary N) is 1. The molecular formula is C12H14BrClN2. The molecule has 0 fully saturated rings. The number of fused-ring (bicyclic) bond motifs is 1. The molecule has 4 heteroatoms. The smallest absolute Gasteiger partial charge is 0.0681 e. The van der Waals surface area contributed by atoms with Crippen LogP contribution in [0, 0.1) is 0 Å². The second-order valence-corrected chi connectivity index (χ2v) is 5.78. The van der Waals surface area contributed by atoms with Gasteiger partial charge in [0.1, 0.15) is 0 Å². The molecule has 2 nitrogen and oxygen atoms in total. The van der Waals surface area contributed by atoms with Gasteiger partial charge in [-0.15, -0.1) is 0 Å². The van der Waals surface area contributed by atoms with Gasteiger partial charge in [-0.1, -0.05) is 23.7 Å². The molecule has 0 aliphatic rings. The molecule has 0 radical (unpaired) electrons. The number of nitrogens with zero attached hydrogens (tertiary/aromatic N) is 1. The molecule has 0 unspecified atom stereocenters. The summed E-state index contributed by atoms with van der Waals surface area (Å²) in [7, 11) is 1.99. The molecule has 0 amide bonds. The van der Waals surface area contributed by atoms with Crippen LogP contribution in [0.2, 0.25) is 5.02 Å². The number of halogens is 2. The van der Waals surface area contributed by atoms with E-state index >= 15 is 0 Å². The molecule has 0 aliphatic carbocycles. The Bertz CT molecular complexity index is 552. The first-order chi connectivity index (χ1) is 7.34. The van der Waals surface area contributed by atoms with E-state index in [0.717, 1.165) is 26.1 Å². The third-order valence-electron chi connectivity index (χ3n) is 2.71. The van der Waals surface area contributed by atoms with Gasteiger partial charge in [-0.3, -0.25) is 0 Å². The van der Waals surface area contributed by atoms with Gasteiger partial charge in [0, 0.05) is 16.9 Å². The van der Waals surface area contributed by atoms with Crippen molar-refractivity contribution in [3.8, 4) is 0 Å². The first kappa shape index (κ1) is 12.0. The molecule has 0 saturated heterocycles. The number of aromatic nitrogens is 1. The Labute approximate surface area is 109 Å². The highest BCUT2D eigenvalue weighted by molar-refractivity contribution is 9.10. The molecule has 1 heterocycles. The Morgan fingerprint density at radius 3 is 2.50 bits per heavy atom. The van der Waals surface area contributed by atoms with Crippen LogP contribution < -0.4 is 5.73 Å². The summed E-state index contributed by atoms with van der Waals surface area (Å²) in [6, 6.07) is 5.88. The van der Waals surface area contributed by atoms with Crippen LogP contribution in [-0.2, 0) is 12.6 Å². The summed E-state index contributed by atoms with van der Waals surface area (Å²) >= 11 is 9.83. The van der Waals surface area contributed by atoms with Crippen LogP contribution in [0.15, 0.2) is 22.7 Å². The lowest BCUT2D eigenvalue weighted by Crippen LogP contribution is -2.31. The van der Waals surface area contributed by atoms with E-state index in [1.807, 2.05) is 39.1 Å². The van der Waals surface area contributed by atoms with Crippen LogP contribution >= 0.6 is 27.5 Å². The zero-order valence-electron chi connectivity index (χ0n) is 9.51. The summed E-state index contributed by atoms with van der Waals surface area (Å²) in [4.78, 5) is 0. The standard InChI is InChI=1S/C12H14BrClN2/c1-12(2,15)11-9(13)7-5-4-6-8(14)10(7)16(11)3/h4-6H,15H2,1-3H3. The summed E-state index contributed by atoms with van der Waals surface area (Å²) in [5.74, 6) is 0. The number of aryl methyl sites for hydroxylation is 1. The van der Waals surface area contributed by atoms with Crippen LogP contribution in [0.1, 0.15) is 19.5 Å². The molecule has 86 valence electrons. The Morgan fingerprint density at radius 2 is 2.00 bits per heavy atom. The van der Waals surface area contributed by atoms with Crippen LogP contribution in [-0.4, -0.2) is 4.57 Å². The molecule has 16 heavy (non-hydrogen) atoms. The van der Waals surface area contributed by atoms with Crippen molar-refractivity contribution in [2.45, 2.75) is 19.4 Å². The van der Waals surface area contributed by atoms with Crippen molar-refractivity contribution < 1.29 is 0 Å². The van der Waals surface area contributed by atoms with Gasteiger partial charge in [-0.2, -0.15) is 0 Å². The fourth-order valence-corrected chi connectivity index (χ4v) is 3.53. The maximum atomic E-state index is 6.22. The van der Waals surface area contributed by atoms with Gasteiger partial charge >= 0.3 is 0 Å². The summed E-state index contributed by atoms with van der Waals surface area (Å²) in [5.41, 5.74) is 7.84. The first-order valence-corrected chi connectivity index (χ1v) is 6.23. The van der Waals surface area contributed by atoms with Crippen molar-refractivity contribution in [3.05, 3.63) is 33.4 Å². The van der Waals surface area contributed by atoms with Gasteiger partial charge in [0.2, 0.25) is 0 Å².